The maximum Gasteiger partial charge on any atom is 0.123 e. The molecule has 2 rings (SSSR count). The van der Waals surface area contributed by atoms with E-state index in [1.165, 1.54) is 6.07 Å². The normalized spacial score (nSPS) is 11.2. The Morgan fingerprint density at radius 2 is 2.24 bits per heavy atom. The summed E-state index contributed by atoms with van der Waals surface area (Å²) >= 11 is 0. The van der Waals surface area contributed by atoms with Crippen molar-refractivity contribution in [2.75, 3.05) is 13.7 Å². The number of nitrogens with two attached hydrogens (primary N) is 1. The molecule has 0 aliphatic carbocycles. The SMILES string of the molecule is COCCCn1cc(CN)c2cc(F)ccc21. The molecule has 2 aromatic rings. The van der Waals surface area contributed by atoms with Crippen molar-refractivity contribution in [3.05, 3.63) is 35.8 Å². The molecule has 0 unspecified atom stereocenters. The topological polar surface area (TPSA) is 40.2 Å². The van der Waals surface area contributed by atoms with Crippen molar-refractivity contribution in [2.24, 2.45) is 5.73 Å². The lowest BCUT2D eigenvalue weighted by Gasteiger charge is -2.04. The molecule has 1 aromatic carbocycles. The Morgan fingerprint density at radius 3 is 2.94 bits per heavy atom. The molecule has 0 aliphatic heterocycles. The van der Waals surface area contributed by atoms with E-state index < -0.39 is 0 Å². The van der Waals surface area contributed by atoms with Crippen molar-refractivity contribution in [3.8, 4) is 0 Å². The smallest absolute Gasteiger partial charge is 0.123 e. The molecule has 0 spiro atoms. The maximum atomic E-state index is 13.2. The van der Waals surface area contributed by atoms with Gasteiger partial charge in [0.2, 0.25) is 0 Å². The molecule has 1 aromatic heterocycles. The molecule has 3 nitrogen and oxygen atoms in total. The van der Waals surface area contributed by atoms with Crippen molar-refractivity contribution in [1.29, 1.82) is 0 Å². The first-order valence-electron chi connectivity index (χ1n) is 5.72. The van der Waals surface area contributed by atoms with Crippen LogP contribution in [0.5, 0.6) is 0 Å². The van der Waals surface area contributed by atoms with E-state index >= 15 is 0 Å². The second kappa shape index (κ2) is 5.29. The minimum absolute atomic E-state index is 0.221. The number of benzene rings is 1. The number of rotatable bonds is 5. The number of aryl methyl sites for hydroxylation is 1. The predicted molar refractivity (Wildman–Crippen MR) is 66.3 cm³/mol. The lowest BCUT2D eigenvalue weighted by atomic mass is 10.2. The van der Waals surface area contributed by atoms with Crippen LogP contribution in [0.4, 0.5) is 4.39 Å². The van der Waals surface area contributed by atoms with Gasteiger partial charge in [-0.15, -0.1) is 0 Å². The first kappa shape index (κ1) is 12.1. The van der Waals surface area contributed by atoms with Crippen LogP contribution in [0.25, 0.3) is 10.9 Å². The van der Waals surface area contributed by atoms with Gasteiger partial charge in [-0.05, 0) is 30.2 Å². The average Bonchev–Trinajstić information content (AvgIpc) is 2.67. The van der Waals surface area contributed by atoms with Gasteiger partial charge in [-0.2, -0.15) is 0 Å². The molecule has 0 bridgehead atoms. The summed E-state index contributed by atoms with van der Waals surface area (Å²) in [5, 5.41) is 0.907. The van der Waals surface area contributed by atoms with Crippen LogP contribution in [0.3, 0.4) is 0 Å². The van der Waals surface area contributed by atoms with Gasteiger partial charge in [-0.1, -0.05) is 0 Å². The van der Waals surface area contributed by atoms with Crippen molar-refractivity contribution < 1.29 is 9.13 Å². The highest BCUT2D eigenvalue weighted by Gasteiger charge is 2.07. The average molecular weight is 236 g/mol. The first-order chi connectivity index (χ1) is 8.26. The van der Waals surface area contributed by atoms with Crippen molar-refractivity contribution in [2.45, 2.75) is 19.5 Å². The van der Waals surface area contributed by atoms with Gasteiger partial charge < -0.3 is 15.0 Å². The Hall–Kier alpha value is -1.39. The molecule has 0 saturated heterocycles. The molecule has 0 amide bonds. The van der Waals surface area contributed by atoms with E-state index in [1.54, 1.807) is 19.2 Å². The van der Waals surface area contributed by atoms with E-state index in [4.69, 9.17) is 10.5 Å². The summed E-state index contributed by atoms with van der Waals surface area (Å²) in [5.41, 5.74) is 7.69. The van der Waals surface area contributed by atoms with Gasteiger partial charge >= 0.3 is 0 Å². The van der Waals surface area contributed by atoms with Crippen LogP contribution < -0.4 is 5.73 Å². The summed E-state index contributed by atoms with van der Waals surface area (Å²) in [6.45, 7) is 2.01. The van der Waals surface area contributed by atoms with Gasteiger partial charge in [-0.3, -0.25) is 0 Å². The molecule has 2 N–H and O–H groups in total. The van der Waals surface area contributed by atoms with Gasteiger partial charge in [0.15, 0.2) is 0 Å². The predicted octanol–water partition coefficient (Wildman–Crippen LogP) is 2.28. The zero-order chi connectivity index (χ0) is 12.3. The van der Waals surface area contributed by atoms with E-state index in [0.717, 1.165) is 36.0 Å². The Bertz CT molecular complexity index is 507. The fraction of sp³-hybridized carbons (Fsp3) is 0.385. The number of aromatic nitrogens is 1. The molecule has 17 heavy (non-hydrogen) atoms. The zero-order valence-electron chi connectivity index (χ0n) is 9.95. The third-order valence-corrected chi connectivity index (χ3v) is 2.89. The number of ether oxygens (including phenoxy) is 1. The lowest BCUT2D eigenvalue weighted by molar-refractivity contribution is 0.190. The molecule has 0 saturated carbocycles. The zero-order valence-corrected chi connectivity index (χ0v) is 9.95. The molecule has 0 fully saturated rings. The number of hydrogen-bond acceptors (Lipinski definition) is 2. The number of nitrogens with zero attached hydrogens (tertiary/aromatic N) is 1. The van der Waals surface area contributed by atoms with E-state index in [9.17, 15) is 4.39 Å². The fourth-order valence-corrected chi connectivity index (χ4v) is 2.07. The Morgan fingerprint density at radius 1 is 1.41 bits per heavy atom. The van der Waals surface area contributed by atoms with Crippen LogP contribution in [0.15, 0.2) is 24.4 Å². The van der Waals surface area contributed by atoms with Gasteiger partial charge in [-0.25, -0.2) is 4.39 Å². The molecular formula is C13H17FN2O. The highest BCUT2D eigenvalue weighted by atomic mass is 19.1. The minimum atomic E-state index is -0.221. The molecule has 0 radical (unpaired) electrons. The summed E-state index contributed by atoms with van der Waals surface area (Å²) in [6, 6.07) is 4.83. The summed E-state index contributed by atoms with van der Waals surface area (Å²) in [5.74, 6) is -0.221. The summed E-state index contributed by atoms with van der Waals surface area (Å²) < 4.78 is 20.3. The number of hydrogen-bond donors (Lipinski definition) is 1. The van der Waals surface area contributed by atoms with Gasteiger partial charge in [0, 0.05) is 43.9 Å². The van der Waals surface area contributed by atoms with E-state index in [0.29, 0.717) is 6.54 Å². The Labute approximate surface area is 100.0 Å². The minimum Gasteiger partial charge on any atom is -0.385 e. The van der Waals surface area contributed by atoms with E-state index in [1.807, 2.05) is 6.20 Å². The third kappa shape index (κ3) is 2.48. The Kier molecular flexibility index (Phi) is 3.76. The van der Waals surface area contributed by atoms with Gasteiger partial charge in [0.05, 0.1) is 0 Å². The van der Waals surface area contributed by atoms with Crippen LogP contribution in [0.2, 0.25) is 0 Å². The largest absolute Gasteiger partial charge is 0.385 e. The monoisotopic (exact) mass is 236 g/mol. The molecule has 1 heterocycles. The van der Waals surface area contributed by atoms with Crippen molar-refractivity contribution in [3.63, 3.8) is 0 Å². The second-order valence-corrected chi connectivity index (χ2v) is 4.06. The third-order valence-electron chi connectivity index (χ3n) is 2.89. The van der Waals surface area contributed by atoms with Gasteiger partial charge in [0.1, 0.15) is 5.82 Å². The maximum absolute atomic E-state index is 13.2. The quantitative estimate of drug-likeness (QED) is 0.809. The second-order valence-electron chi connectivity index (χ2n) is 4.06. The van der Waals surface area contributed by atoms with E-state index in [2.05, 4.69) is 4.57 Å². The summed E-state index contributed by atoms with van der Waals surface area (Å²) in [7, 11) is 1.69. The van der Waals surface area contributed by atoms with Crippen LogP contribution >= 0.6 is 0 Å². The van der Waals surface area contributed by atoms with Crippen LogP contribution in [-0.4, -0.2) is 18.3 Å². The Balaban J connectivity index is 2.35. The lowest BCUT2D eigenvalue weighted by Crippen LogP contribution is -2.00. The van der Waals surface area contributed by atoms with E-state index in [-0.39, 0.29) is 5.82 Å². The van der Waals surface area contributed by atoms with Crippen LogP contribution in [0.1, 0.15) is 12.0 Å². The first-order valence-corrected chi connectivity index (χ1v) is 5.72. The molecule has 92 valence electrons. The molecule has 0 aliphatic rings. The van der Waals surface area contributed by atoms with Crippen LogP contribution in [0, 0.1) is 5.82 Å². The number of fused-ring (bicyclic) bond motifs is 1. The summed E-state index contributed by atoms with van der Waals surface area (Å²) in [4.78, 5) is 0. The van der Waals surface area contributed by atoms with Crippen molar-refractivity contribution >= 4 is 10.9 Å². The number of methoxy groups -OCH3 is 1. The number of halogens is 1. The van der Waals surface area contributed by atoms with Gasteiger partial charge in [0.25, 0.3) is 0 Å². The van der Waals surface area contributed by atoms with Crippen molar-refractivity contribution in [1.82, 2.24) is 4.57 Å². The molecule has 4 heteroatoms. The highest BCUT2D eigenvalue weighted by molar-refractivity contribution is 5.84. The fourth-order valence-electron chi connectivity index (χ4n) is 2.07. The molecular weight excluding hydrogens is 219 g/mol. The summed E-state index contributed by atoms with van der Waals surface area (Å²) in [6.07, 6.45) is 2.93. The standard InChI is InChI=1S/C13H17FN2O/c1-17-6-2-5-16-9-10(8-15)12-7-11(14)3-4-13(12)16/h3-4,7,9H,2,5-6,8,15H2,1H3. The highest BCUT2D eigenvalue weighted by Crippen LogP contribution is 2.22. The molecule has 0 atom stereocenters. The van der Waals surface area contributed by atoms with Crippen LogP contribution in [-0.2, 0) is 17.8 Å².